The Labute approximate surface area is 138 Å². The molecule has 4 N–H and O–H groups in total. The van der Waals surface area contributed by atoms with E-state index in [1.54, 1.807) is 0 Å². The fourth-order valence-electron chi connectivity index (χ4n) is 3.57. The lowest BCUT2D eigenvalue weighted by molar-refractivity contribution is -0.134. The molecule has 24 heavy (non-hydrogen) atoms. The van der Waals surface area contributed by atoms with Gasteiger partial charge in [0.1, 0.15) is 0 Å². The zero-order valence-electron chi connectivity index (χ0n) is 12.9. The van der Waals surface area contributed by atoms with Gasteiger partial charge in [-0.1, -0.05) is 0 Å². The molecular weight excluding hydrogens is 344 g/mol. The van der Waals surface area contributed by atoms with Crippen molar-refractivity contribution in [3.05, 3.63) is 0 Å². The molecule has 136 valence electrons. The monoisotopic (exact) mass is 364 g/mol. The average Bonchev–Trinajstić information content (AvgIpc) is 3.18. The molecule has 3 amide bonds. The number of nitrogens with one attached hydrogen (secondary N) is 1. The first-order valence-electron chi connectivity index (χ1n) is 7.63. The van der Waals surface area contributed by atoms with Gasteiger partial charge in [-0.2, -0.15) is 13.5 Å². The summed E-state index contributed by atoms with van der Waals surface area (Å²) in [6.07, 6.45) is 2.22. The van der Waals surface area contributed by atoms with Gasteiger partial charge in [0.2, 0.25) is 5.91 Å². The van der Waals surface area contributed by atoms with E-state index in [2.05, 4.69) is 9.76 Å². The normalized spacial score (nSPS) is 27.7. The number of carbonyl (C=O) groups is 2. The molecule has 12 heteroatoms. The number of hydrogen-bond donors (Lipinski definition) is 3. The molecule has 2 saturated heterocycles. The van der Waals surface area contributed by atoms with Crippen molar-refractivity contribution < 1.29 is 31.7 Å². The number of hydroxylamine groups is 3. The van der Waals surface area contributed by atoms with Crippen LogP contribution < -0.4 is 11.2 Å². The largest absolute Gasteiger partial charge is 0.418 e. The van der Waals surface area contributed by atoms with Gasteiger partial charge in [0.25, 0.3) is 0 Å². The molecule has 1 aliphatic carbocycles. The summed E-state index contributed by atoms with van der Waals surface area (Å²) in [5.41, 5.74) is 7.25. The Bertz CT molecular complexity index is 635. The first kappa shape index (κ1) is 17.4. The van der Waals surface area contributed by atoms with Crippen molar-refractivity contribution in [3.63, 3.8) is 0 Å². The second-order valence-corrected chi connectivity index (χ2v) is 7.37. The van der Waals surface area contributed by atoms with E-state index < -0.39 is 22.5 Å². The number of nitrogens with zero attached hydrogens (tertiary/aromatic N) is 2. The molecule has 1 saturated carbocycles. The van der Waals surface area contributed by atoms with E-state index in [0.717, 1.165) is 17.9 Å². The first-order valence-corrected chi connectivity index (χ1v) is 9.00. The summed E-state index contributed by atoms with van der Waals surface area (Å²) >= 11 is 0. The summed E-state index contributed by atoms with van der Waals surface area (Å²) in [4.78, 5) is 30.6. The van der Waals surface area contributed by atoms with Gasteiger partial charge in [-0.15, -0.1) is 4.28 Å². The number of rotatable bonds is 7. The van der Waals surface area contributed by atoms with Crippen LogP contribution in [0.4, 0.5) is 4.79 Å². The Morgan fingerprint density at radius 2 is 2.17 bits per heavy atom. The lowest BCUT2D eigenvalue weighted by atomic mass is 9.84. The quantitative estimate of drug-likeness (QED) is 0.289. The number of amides is 3. The van der Waals surface area contributed by atoms with E-state index in [1.807, 2.05) is 0 Å². The molecule has 0 radical (unpaired) electrons. The van der Waals surface area contributed by atoms with Crippen LogP contribution in [0, 0.1) is 5.41 Å². The van der Waals surface area contributed by atoms with E-state index in [1.165, 1.54) is 4.90 Å². The van der Waals surface area contributed by atoms with Crippen molar-refractivity contribution in [1.82, 2.24) is 15.4 Å². The van der Waals surface area contributed by atoms with Crippen LogP contribution in [0.2, 0.25) is 0 Å². The van der Waals surface area contributed by atoms with Gasteiger partial charge in [0.05, 0.1) is 12.6 Å². The summed E-state index contributed by atoms with van der Waals surface area (Å²) in [5, 5.41) is 0.727. The van der Waals surface area contributed by atoms with Crippen molar-refractivity contribution in [1.29, 1.82) is 0 Å². The predicted octanol–water partition coefficient (Wildman–Crippen LogP) is -1.22. The Balaban J connectivity index is 1.70. The number of hydrogen-bond acceptors (Lipinski definition) is 7. The second kappa shape index (κ2) is 6.11. The van der Waals surface area contributed by atoms with Gasteiger partial charge in [-0.25, -0.2) is 10.3 Å². The van der Waals surface area contributed by atoms with Crippen LogP contribution in [0.5, 0.6) is 0 Å². The van der Waals surface area contributed by atoms with Crippen molar-refractivity contribution in [2.24, 2.45) is 11.1 Å². The summed E-state index contributed by atoms with van der Waals surface area (Å²) in [6, 6.07) is -1.49. The molecule has 2 unspecified atom stereocenters. The van der Waals surface area contributed by atoms with Crippen LogP contribution in [0.25, 0.3) is 0 Å². The summed E-state index contributed by atoms with van der Waals surface area (Å²) in [6.45, 7) is 0.706. The molecular formula is C12H20N4O7S. The van der Waals surface area contributed by atoms with Gasteiger partial charge in [0, 0.05) is 25.6 Å². The minimum absolute atomic E-state index is 0.0322. The lowest BCUT2D eigenvalue weighted by Gasteiger charge is -2.36. The van der Waals surface area contributed by atoms with E-state index in [4.69, 9.17) is 15.1 Å². The van der Waals surface area contributed by atoms with Crippen LogP contribution in [-0.4, -0.2) is 66.7 Å². The van der Waals surface area contributed by atoms with Crippen molar-refractivity contribution in [2.75, 3.05) is 19.7 Å². The second-order valence-electron chi connectivity index (χ2n) is 6.37. The number of piperidine rings is 1. The predicted molar refractivity (Wildman–Crippen MR) is 78.2 cm³/mol. The summed E-state index contributed by atoms with van der Waals surface area (Å²) < 4.78 is 35.3. The minimum Gasteiger partial charge on any atom is -0.328 e. The lowest BCUT2D eigenvalue weighted by Crippen LogP contribution is -2.47. The van der Waals surface area contributed by atoms with Crippen LogP contribution in [0.3, 0.4) is 0 Å². The molecule has 2 aliphatic heterocycles. The third kappa shape index (κ3) is 3.32. The van der Waals surface area contributed by atoms with Gasteiger partial charge in [-0.05, 0) is 24.7 Å². The average molecular weight is 364 g/mol. The SMILES string of the molecule is NCCONC(=O)CC1CC2(CC2)C2CN1C(=O)N2OS(=O)(=O)O. The molecule has 3 fully saturated rings. The van der Waals surface area contributed by atoms with Crippen LogP contribution >= 0.6 is 0 Å². The van der Waals surface area contributed by atoms with Gasteiger partial charge < -0.3 is 10.6 Å². The zero-order chi connectivity index (χ0) is 17.5. The highest BCUT2D eigenvalue weighted by Crippen LogP contribution is 2.59. The van der Waals surface area contributed by atoms with Crippen molar-refractivity contribution >= 4 is 22.3 Å². The van der Waals surface area contributed by atoms with Crippen molar-refractivity contribution in [2.45, 2.75) is 37.8 Å². The minimum atomic E-state index is -4.79. The number of nitrogens with two attached hydrogens (primary N) is 1. The van der Waals surface area contributed by atoms with Gasteiger partial charge in [0.15, 0.2) is 0 Å². The summed E-state index contributed by atoms with van der Waals surface area (Å²) in [5.74, 6) is -0.385. The topological polar surface area (TPSA) is 151 Å². The third-order valence-electron chi connectivity index (χ3n) is 4.77. The van der Waals surface area contributed by atoms with E-state index in [9.17, 15) is 18.0 Å². The van der Waals surface area contributed by atoms with Gasteiger partial charge >= 0.3 is 16.4 Å². The molecule has 2 atom stereocenters. The number of carbonyl (C=O) groups excluding carboxylic acids is 2. The Kier molecular flexibility index (Phi) is 4.42. The molecule has 0 aromatic carbocycles. The maximum absolute atomic E-state index is 12.4. The molecule has 2 heterocycles. The Hall–Kier alpha value is -1.47. The Morgan fingerprint density at radius 3 is 2.75 bits per heavy atom. The molecule has 1 spiro atoms. The first-order chi connectivity index (χ1) is 11.3. The maximum Gasteiger partial charge on any atom is 0.418 e. The third-order valence-corrected chi connectivity index (χ3v) is 5.12. The fraction of sp³-hybridized carbons (Fsp3) is 0.833. The van der Waals surface area contributed by atoms with Crippen LogP contribution in [0.15, 0.2) is 0 Å². The highest BCUT2D eigenvalue weighted by atomic mass is 32.3. The maximum atomic E-state index is 12.4. The zero-order valence-corrected chi connectivity index (χ0v) is 13.7. The van der Waals surface area contributed by atoms with Crippen LogP contribution in [-0.2, 0) is 24.3 Å². The van der Waals surface area contributed by atoms with E-state index >= 15 is 0 Å². The highest BCUT2D eigenvalue weighted by molar-refractivity contribution is 7.80. The molecule has 0 aromatic heterocycles. The molecule has 3 rings (SSSR count). The van der Waals surface area contributed by atoms with Crippen LogP contribution in [0.1, 0.15) is 25.7 Å². The number of fused-ring (bicyclic) bond motifs is 3. The standard InChI is InChI=1S/C12H20N4O7S/c13-3-4-22-14-10(17)5-8-6-12(1-2-12)9-7-15(8)11(18)16(9)23-24(19,20)21/h8-9H,1-7,13H2,(H,14,17)(H,19,20,21). The molecule has 0 aromatic rings. The molecule has 2 bridgehead atoms. The summed E-state index contributed by atoms with van der Waals surface area (Å²) in [7, 11) is -4.79. The fourth-order valence-corrected chi connectivity index (χ4v) is 3.94. The number of urea groups is 1. The van der Waals surface area contributed by atoms with Crippen molar-refractivity contribution in [3.8, 4) is 0 Å². The van der Waals surface area contributed by atoms with Gasteiger partial charge in [-0.3, -0.25) is 14.2 Å². The van der Waals surface area contributed by atoms with E-state index in [-0.39, 0.29) is 43.5 Å². The smallest absolute Gasteiger partial charge is 0.328 e. The molecule has 3 aliphatic rings. The Morgan fingerprint density at radius 1 is 1.46 bits per heavy atom. The highest BCUT2D eigenvalue weighted by Gasteiger charge is 2.63. The van der Waals surface area contributed by atoms with E-state index in [0.29, 0.717) is 6.42 Å². The molecule has 11 nitrogen and oxygen atoms in total.